The number of aliphatic hydroxyl groups excluding tert-OH is 2. The standard InChI is InChI=1S/C15H27O3P.C6H14O3/c1-2-3-4-5-6-7-11-14-19(16,17,18)15-12-9-8-10-13-15;1-5(8)4-9-6(2)3-7/h8-10,12-13,16-18H,2-7,11,14H2,1H3;5-8H,3-4H2,1-2H3. The first-order valence-corrected chi connectivity index (χ1v) is 12.6. The van der Waals surface area contributed by atoms with E-state index in [0.29, 0.717) is 13.0 Å². The van der Waals surface area contributed by atoms with Gasteiger partial charge in [-0.1, -0.05) is 0 Å². The summed E-state index contributed by atoms with van der Waals surface area (Å²) in [6, 6.07) is 8.39. The Morgan fingerprint density at radius 1 is 0.893 bits per heavy atom. The van der Waals surface area contributed by atoms with Gasteiger partial charge in [-0.3, -0.25) is 0 Å². The summed E-state index contributed by atoms with van der Waals surface area (Å²) in [5.74, 6) is 0. The van der Waals surface area contributed by atoms with Crippen molar-refractivity contribution in [3.8, 4) is 0 Å². The summed E-state index contributed by atoms with van der Waals surface area (Å²) in [5.41, 5.74) is 0. The van der Waals surface area contributed by atoms with E-state index >= 15 is 0 Å². The SMILES string of the molecule is CC(O)COC(C)CO.CCCCCCCCCP(O)(O)(O)c1ccccc1. The Hall–Kier alpha value is -0.590. The summed E-state index contributed by atoms with van der Waals surface area (Å²) in [7, 11) is -4.63. The van der Waals surface area contributed by atoms with Gasteiger partial charge in [0.25, 0.3) is 0 Å². The van der Waals surface area contributed by atoms with Crippen LogP contribution in [0.15, 0.2) is 30.3 Å². The normalized spacial score (nSPS) is 15.1. The fourth-order valence-corrected chi connectivity index (χ4v) is 4.43. The van der Waals surface area contributed by atoms with Gasteiger partial charge in [-0.05, 0) is 13.8 Å². The predicted molar refractivity (Wildman–Crippen MR) is 117 cm³/mol. The molecular formula is C21H41O6P. The Labute approximate surface area is 170 Å². The van der Waals surface area contributed by atoms with Crippen molar-refractivity contribution in [2.45, 2.75) is 77.9 Å². The molecule has 6 nitrogen and oxygen atoms in total. The van der Waals surface area contributed by atoms with Crippen molar-refractivity contribution in [2.75, 3.05) is 19.4 Å². The fraction of sp³-hybridized carbons (Fsp3) is 0.714. The Morgan fingerprint density at radius 3 is 1.93 bits per heavy atom. The molecule has 0 aliphatic heterocycles. The van der Waals surface area contributed by atoms with Gasteiger partial charge in [0.1, 0.15) is 0 Å². The molecule has 0 radical (unpaired) electrons. The average molecular weight is 421 g/mol. The molecule has 5 N–H and O–H groups in total. The van der Waals surface area contributed by atoms with Crippen LogP contribution in [0.25, 0.3) is 0 Å². The number of rotatable bonds is 13. The van der Waals surface area contributed by atoms with Gasteiger partial charge >= 0.3 is 116 Å². The Balaban J connectivity index is 0.000000684. The molecule has 0 aliphatic rings. The molecule has 166 valence electrons. The van der Waals surface area contributed by atoms with Crippen LogP contribution in [0.1, 0.15) is 65.7 Å². The Morgan fingerprint density at radius 2 is 1.43 bits per heavy atom. The zero-order valence-electron chi connectivity index (χ0n) is 17.7. The van der Waals surface area contributed by atoms with Gasteiger partial charge in [0.05, 0.1) is 25.4 Å². The van der Waals surface area contributed by atoms with Crippen molar-refractivity contribution in [2.24, 2.45) is 0 Å². The molecule has 0 amide bonds. The zero-order valence-corrected chi connectivity index (χ0v) is 18.6. The van der Waals surface area contributed by atoms with Crippen LogP contribution in [-0.2, 0) is 4.74 Å². The van der Waals surface area contributed by atoms with E-state index in [2.05, 4.69) is 6.92 Å². The molecule has 0 bridgehead atoms. The number of hydrogen-bond donors (Lipinski definition) is 5. The predicted octanol–water partition coefficient (Wildman–Crippen LogP) is 3.10. The molecule has 1 aromatic rings. The third kappa shape index (κ3) is 13.6. The minimum absolute atomic E-state index is 0.00667. The quantitative estimate of drug-likeness (QED) is 0.248. The van der Waals surface area contributed by atoms with Gasteiger partial charge in [0.15, 0.2) is 0 Å². The van der Waals surface area contributed by atoms with Crippen molar-refractivity contribution < 1.29 is 29.6 Å². The molecule has 28 heavy (non-hydrogen) atoms. The number of ether oxygens (including phenoxy) is 1. The average Bonchev–Trinajstić information content (AvgIpc) is 2.66. The third-order valence-corrected chi connectivity index (χ3v) is 6.83. The summed E-state index contributed by atoms with van der Waals surface area (Å²) in [6.45, 7) is 5.88. The molecule has 2 atom stereocenters. The van der Waals surface area contributed by atoms with E-state index in [4.69, 9.17) is 14.9 Å². The first-order valence-electron chi connectivity index (χ1n) is 10.3. The van der Waals surface area contributed by atoms with Gasteiger partial charge in [0, 0.05) is 0 Å². The summed E-state index contributed by atoms with van der Waals surface area (Å²) >= 11 is 0. The van der Waals surface area contributed by atoms with E-state index in [1.165, 1.54) is 25.7 Å². The van der Waals surface area contributed by atoms with Crippen LogP contribution in [0, 0.1) is 0 Å². The van der Waals surface area contributed by atoms with Crippen molar-refractivity contribution in [3.05, 3.63) is 30.3 Å². The van der Waals surface area contributed by atoms with Crippen LogP contribution in [0.2, 0.25) is 0 Å². The third-order valence-electron chi connectivity index (χ3n) is 4.34. The van der Waals surface area contributed by atoms with Crippen LogP contribution in [0.5, 0.6) is 0 Å². The molecule has 1 aromatic carbocycles. The monoisotopic (exact) mass is 420 g/mol. The first kappa shape index (κ1) is 27.4. The number of aliphatic hydroxyl groups is 2. The van der Waals surface area contributed by atoms with Gasteiger partial charge in [0.2, 0.25) is 0 Å². The molecule has 7 heteroatoms. The molecule has 0 saturated carbocycles. The van der Waals surface area contributed by atoms with Gasteiger partial charge < -0.3 is 14.9 Å². The van der Waals surface area contributed by atoms with E-state index < -0.39 is 13.4 Å². The zero-order chi connectivity index (χ0) is 21.5. The van der Waals surface area contributed by atoms with Crippen molar-refractivity contribution in [3.63, 3.8) is 0 Å². The fourth-order valence-electron chi connectivity index (χ4n) is 2.58. The summed E-state index contributed by atoms with van der Waals surface area (Å²) in [4.78, 5) is 30.4. The van der Waals surface area contributed by atoms with Crippen LogP contribution in [0.3, 0.4) is 0 Å². The van der Waals surface area contributed by atoms with Crippen LogP contribution >= 0.6 is 7.28 Å². The van der Waals surface area contributed by atoms with Gasteiger partial charge in [-0.15, -0.1) is 0 Å². The second kappa shape index (κ2) is 14.4. The number of unbranched alkanes of at least 4 members (excludes halogenated alkanes) is 6. The molecule has 0 heterocycles. The number of benzene rings is 1. The van der Waals surface area contributed by atoms with Crippen LogP contribution in [-0.4, -0.2) is 56.5 Å². The van der Waals surface area contributed by atoms with E-state index in [9.17, 15) is 14.7 Å². The molecule has 0 aromatic heterocycles. The molecular weight excluding hydrogens is 379 g/mol. The topological polar surface area (TPSA) is 110 Å². The molecule has 2 unspecified atom stereocenters. The van der Waals surface area contributed by atoms with Crippen LogP contribution < -0.4 is 5.30 Å². The maximum atomic E-state index is 10.1. The second-order valence-corrected chi connectivity index (χ2v) is 10.8. The first-order chi connectivity index (χ1) is 13.1. The molecule has 1 rings (SSSR count). The van der Waals surface area contributed by atoms with Crippen molar-refractivity contribution >= 4 is 12.6 Å². The van der Waals surface area contributed by atoms with Crippen molar-refractivity contribution in [1.29, 1.82) is 0 Å². The summed E-state index contributed by atoms with van der Waals surface area (Å²) in [5, 5.41) is 17.4. The van der Waals surface area contributed by atoms with Crippen molar-refractivity contribution in [1.82, 2.24) is 0 Å². The van der Waals surface area contributed by atoms with E-state index in [-0.39, 0.29) is 24.2 Å². The van der Waals surface area contributed by atoms with Crippen LogP contribution in [0.4, 0.5) is 0 Å². The molecule has 0 aliphatic carbocycles. The second-order valence-electron chi connectivity index (χ2n) is 7.51. The number of hydrogen-bond acceptors (Lipinski definition) is 6. The van der Waals surface area contributed by atoms with E-state index in [1.54, 1.807) is 44.2 Å². The Kier molecular flexibility index (Phi) is 14.1. The van der Waals surface area contributed by atoms with Gasteiger partial charge in [-0.25, -0.2) is 0 Å². The minimum atomic E-state index is -4.63. The van der Waals surface area contributed by atoms with E-state index in [0.717, 1.165) is 12.8 Å². The molecule has 0 spiro atoms. The summed E-state index contributed by atoms with van der Waals surface area (Å²) in [6.07, 6.45) is 7.09. The van der Waals surface area contributed by atoms with E-state index in [1.807, 2.05) is 0 Å². The molecule has 0 saturated heterocycles. The Bertz CT molecular complexity index is 487. The maximum absolute atomic E-state index is 10.1. The summed E-state index contributed by atoms with van der Waals surface area (Å²) < 4.78 is 4.95. The van der Waals surface area contributed by atoms with Gasteiger partial charge in [-0.2, -0.15) is 0 Å². The molecule has 0 fully saturated rings.